The lowest BCUT2D eigenvalue weighted by Crippen LogP contribution is -2.48. The fourth-order valence-corrected chi connectivity index (χ4v) is 2.74. The van der Waals surface area contributed by atoms with E-state index in [0.29, 0.717) is 23.8 Å². The van der Waals surface area contributed by atoms with Gasteiger partial charge in [-0.1, -0.05) is 12.1 Å². The van der Waals surface area contributed by atoms with Gasteiger partial charge < -0.3 is 20.1 Å². The normalized spacial score (nSPS) is 9.94. The van der Waals surface area contributed by atoms with Crippen molar-refractivity contribution in [2.24, 2.45) is 0 Å². The maximum absolute atomic E-state index is 12.0. The third-order valence-corrected chi connectivity index (χ3v) is 4.32. The van der Waals surface area contributed by atoms with E-state index in [-0.39, 0.29) is 36.2 Å². The lowest BCUT2D eigenvalue weighted by molar-refractivity contribution is -0.124. The van der Waals surface area contributed by atoms with Gasteiger partial charge in [0.1, 0.15) is 11.5 Å². The molecule has 0 saturated heterocycles. The molecule has 2 aromatic rings. The van der Waals surface area contributed by atoms with Crippen LogP contribution in [0, 0.1) is 0 Å². The summed E-state index contributed by atoms with van der Waals surface area (Å²) in [6, 6.07) is 14.0. The highest BCUT2D eigenvalue weighted by Crippen LogP contribution is 2.16. The third kappa shape index (κ3) is 9.00. The van der Waals surface area contributed by atoms with Crippen LogP contribution in [0.15, 0.2) is 48.5 Å². The van der Waals surface area contributed by atoms with E-state index in [1.54, 1.807) is 55.6 Å². The molecular formula is C22H26N4O5S. The molecule has 0 bridgehead atoms. The topological polar surface area (TPSA) is 118 Å². The van der Waals surface area contributed by atoms with Crippen LogP contribution in [0.5, 0.6) is 11.5 Å². The molecule has 0 unspecified atom stereocenters. The number of anilines is 1. The Balaban J connectivity index is 1.64. The van der Waals surface area contributed by atoms with Crippen molar-refractivity contribution in [3.8, 4) is 11.5 Å². The first-order chi connectivity index (χ1) is 15.4. The zero-order valence-corrected chi connectivity index (χ0v) is 18.7. The molecule has 0 aromatic heterocycles. The van der Waals surface area contributed by atoms with Crippen molar-refractivity contribution in [3.05, 3.63) is 54.1 Å². The monoisotopic (exact) mass is 458 g/mol. The zero-order valence-electron chi connectivity index (χ0n) is 17.9. The molecule has 0 spiro atoms. The number of ether oxygens (including phenoxy) is 2. The van der Waals surface area contributed by atoms with Gasteiger partial charge >= 0.3 is 0 Å². The summed E-state index contributed by atoms with van der Waals surface area (Å²) in [6.45, 7) is 2.45. The Morgan fingerprint density at radius 3 is 2.09 bits per heavy atom. The van der Waals surface area contributed by atoms with Crippen LogP contribution in [0.2, 0.25) is 0 Å². The Hall–Kier alpha value is -3.66. The second-order valence-corrected chi connectivity index (χ2v) is 6.99. The molecule has 0 radical (unpaired) electrons. The van der Waals surface area contributed by atoms with E-state index < -0.39 is 5.91 Å². The molecule has 0 atom stereocenters. The van der Waals surface area contributed by atoms with Crippen molar-refractivity contribution in [2.75, 3.05) is 19.0 Å². The van der Waals surface area contributed by atoms with Gasteiger partial charge in [0, 0.05) is 18.5 Å². The number of rotatable bonds is 9. The molecule has 0 saturated carbocycles. The highest BCUT2D eigenvalue weighted by atomic mass is 32.1. The van der Waals surface area contributed by atoms with Crippen LogP contribution in [0.3, 0.4) is 0 Å². The Morgan fingerprint density at radius 2 is 1.47 bits per heavy atom. The number of hydrogen-bond donors (Lipinski definition) is 4. The van der Waals surface area contributed by atoms with Crippen molar-refractivity contribution < 1.29 is 23.9 Å². The minimum atomic E-state index is -0.446. The van der Waals surface area contributed by atoms with E-state index in [4.69, 9.17) is 21.7 Å². The van der Waals surface area contributed by atoms with Gasteiger partial charge in [-0.05, 0) is 61.1 Å². The maximum Gasteiger partial charge on any atom is 0.238 e. The summed E-state index contributed by atoms with van der Waals surface area (Å²) in [5, 5.41) is 5.13. The first kappa shape index (κ1) is 24.6. The van der Waals surface area contributed by atoms with Gasteiger partial charge in [0.2, 0.25) is 17.7 Å². The van der Waals surface area contributed by atoms with E-state index in [1.807, 2.05) is 6.92 Å². The Labute approximate surface area is 191 Å². The molecule has 0 fully saturated rings. The minimum absolute atomic E-state index is 0.0166. The molecule has 0 aliphatic carbocycles. The Kier molecular flexibility index (Phi) is 9.92. The van der Waals surface area contributed by atoms with Gasteiger partial charge in [0.25, 0.3) is 0 Å². The maximum atomic E-state index is 12.0. The number of amides is 3. The van der Waals surface area contributed by atoms with Gasteiger partial charge in [-0.25, -0.2) is 0 Å². The van der Waals surface area contributed by atoms with Crippen molar-refractivity contribution >= 4 is 40.7 Å². The van der Waals surface area contributed by atoms with Crippen LogP contribution < -0.4 is 31.0 Å². The summed E-state index contributed by atoms with van der Waals surface area (Å²) < 4.78 is 10.4. The summed E-state index contributed by atoms with van der Waals surface area (Å²) in [7, 11) is 1.56. The SMILES string of the molecule is CCOc1ccc(NC(=O)CCC(=O)NNC(=S)NC(=O)Cc2ccc(OC)cc2)cc1. The quantitative estimate of drug-likeness (QED) is 0.336. The molecule has 3 amide bonds. The van der Waals surface area contributed by atoms with Gasteiger partial charge in [0.15, 0.2) is 5.11 Å². The van der Waals surface area contributed by atoms with E-state index in [2.05, 4.69) is 21.5 Å². The lowest BCUT2D eigenvalue weighted by atomic mass is 10.1. The molecule has 2 rings (SSSR count). The highest BCUT2D eigenvalue weighted by molar-refractivity contribution is 7.80. The summed E-state index contributed by atoms with van der Waals surface area (Å²) >= 11 is 4.99. The predicted octanol–water partition coefficient (Wildman–Crippen LogP) is 2.08. The predicted molar refractivity (Wildman–Crippen MR) is 124 cm³/mol. The number of thiocarbonyl (C=S) groups is 1. The molecule has 2 aromatic carbocycles. The van der Waals surface area contributed by atoms with Crippen LogP contribution in [0.1, 0.15) is 25.3 Å². The fourth-order valence-electron chi connectivity index (χ4n) is 2.57. The van der Waals surface area contributed by atoms with Crippen molar-refractivity contribution in [1.82, 2.24) is 16.2 Å². The number of benzene rings is 2. The Bertz CT molecular complexity index is 932. The molecule has 0 heterocycles. The van der Waals surface area contributed by atoms with Gasteiger partial charge in [-0.2, -0.15) is 0 Å². The van der Waals surface area contributed by atoms with Crippen molar-refractivity contribution in [3.63, 3.8) is 0 Å². The summed E-state index contributed by atoms with van der Waals surface area (Å²) in [4.78, 5) is 35.9. The number of hydrogen-bond acceptors (Lipinski definition) is 6. The van der Waals surface area contributed by atoms with Crippen LogP contribution in [-0.4, -0.2) is 36.6 Å². The van der Waals surface area contributed by atoms with Crippen LogP contribution in [0.25, 0.3) is 0 Å². The molecule has 0 aliphatic rings. The lowest BCUT2D eigenvalue weighted by Gasteiger charge is -2.11. The number of carbonyl (C=O) groups is 3. The second-order valence-electron chi connectivity index (χ2n) is 6.58. The van der Waals surface area contributed by atoms with E-state index >= 15 is 0 Å². The molecular weight excluding hydrogens is 432 g/mol. The number of hydrazine groups is 1. The fraction of sp³-hybridized carbons (Fsp3) is 0.273. The van der Waals surface area contributed by atoms with Gasteiger partial charge in [-0.15, -0.1) is 0 Å². The minimum Gasteiger partial charge on any atom is -0.497 e. The number of carbonyl (C=O) groups excluding carboxylic acids is 3. The standard InChI is InChI=1S/C22H26N4O5S/c1-3-31-18-10-6-16(7-11-18)23-19(27)12-13-20(28)25-26-22(32)24-21(29)14-15-4-8-17(30-2)9-5-15/h4-11H,3,12-14H2,1-2H3,(H,23,27)(H,25,28)(H2,24,26,29,32). The van der Waals surface area contributed by atoms with Crippen molar-refractivity contribution in [1.29, 1.82) is 0 Å². The second kappa shape index (κ2) is 12.9. The van der Waals surface area contributed by atoms with Crippen LogP contribution in [-0.2, 0) is 20.8 Å². The average molecular weight is 459 g/mol. The molecule has 170 valence electrons. The Morgan fingerprint density at radius 1 is 0.844 bits per heavy atom. The zero-order chi connectivity index (χ0) is 23.3. The van der Waals surface area contributed by atoms with E-state index in [0.717, 1.165) is 5.56 Å². The van der Waals surface area contributed by atoms with Gasteiger partial charge in [-0.3, -0.25) is 25.2 Å². The van der Waals surface area contributed by atoms with Crippen LogP contribution in [0.4, 0.5) is 5.69 Å². The third-order valence-electron chi connectivity index (χ3n) is 4.12. The highest BCUT2D eigenvalue weighted by Gasteiger charge is 2.10. The van der Waals surface area contributed by atoms with Crippen molar-refractivity contribution in [2.45, 2.75) is 26.2 Å². The summed E-state index contributed by atoms with van der Waals surface area (Å²) in [5.41, 5.74) is 6.19. The average Bonchev–Trinajstić information content (AvgIpc) is 2.78. The number of methoxy groups -OCH3 is 1. The summed E-state index contributed by atoms with van der Waals surface area (Å²) in [5.74, 6) is 0.320. The van der Waals surface area contributed by atoms with E-state index in [1.165, 1.54) is 0 Å². The molecule has 32 heavy (non-hydrogen) atoms. The molecule has 0 aliphatic heterocycles. The van der Waals surface area contributed by atoms with E-state index in [9.17, 15) is 14.4 Å². The van der Waals surface area contributed by atoms with Gasteiger partial charge in [0.05, 0.1) is 20.1 Å². The smallest absolute Gasteiger partial charge is 0.238 e. The summed E-state index contributed by atoms with van der Waals surface area (Å²) in [6.07, 6.45) is 0.0427. The molecule has 4 N–H and O–H groups in total. The molecule has 9 nitrogen and oxygen atoms in total. The first-order valence-corrected chi connectivity index (χ1v) is 10.3. The van der Waals surface area contributed by atoms with Crippen LogP contribution >= 0.6 is 12.2 Å². The first-order valence-electron chi connectivity index (χ1n) is 9.94. The molecule has 10 heteroatoms. The largest absolute Gasteiger partial charge is 0.497 e. The number of nitrogens with one attached hydrogen (secondary N) is 4.